The van der Waals surface area contributed by atoms with E-state index < -0.39 is 4.65 Å². The molecule has 0 aliphatic carbocycles. The fourth-order valence-corrected chi connectivity index (χ4v) is 6.91. The third-order valence-electron chi connectivity index (χ3n) is 0.838. The third-order valence-corrected chi connectivity index (χ3v) is 10.1. The maximum absolute atomic E-state index is 5.70. The summed E-state index contributed by atoms with van der Waals surface area (Å²) in [6, 6.07) is 0. The van der Waals surface area contributed by atoms with E-state index in [0.29, 0.717) is 0 Å². The van der Waals surface area contributed by atoms with Gasteiger partial charge in [0.05, 0.1) is 0 Å². The molecule has 1 radical (unpaired) electrons. The van der Waals surface area contributed by atoms with Gasteiger partial charge < -0.3 is 0 Å². The monoisotopic (exact) mass is 326 g/mol. The van der Waals surface area contributed by atoms with Gasteiger partial charge in [0, 0.05) is 0 Å². The van der Waals surface area contributed by atoms with Gasteiger partial charge in [0.2, 0.25) is 0 Å². The van der Waals surface area contributed by atoms with Crippen LogP contribution in [0.2, 0.25) is 0 Å². The van der Waals surface area contributed by atoms with Crippen molar-refractivity contribution in [3.05, 3.63) is 0 Å². The summed E-state index contributed by atoms with van der Waals surface area (Å²) in [5.41, 5.74) is 0. The number of hydrogen-bond acceptors (Lipinski definition) is 2. The average Bonchev–Trinajstić information content (AvgIpc) is 1.83. The summed E-state index contributed by atoms with van der Waals surface area (Å²) in [7, 11) is 0. The first kappa shape index (κ1) is 13.3. The summed E-state index contributed by atoms with van der Waals surface area (Å²) < 4.78 is 13.6. The van der Waals surface area contributed by atoms with E-state index in [1.807, 2.05) is 27.7 Å². The van der Waals surface area contributed by atoms with Crippen molar-refractivity contribution >= 4 is 34.5 Å². The maximum atomic E-state index is 5.70. The molecule has 0 spiro atoms. The Morgan fingerprint density at radius 3 is 2.17 bits per heavy atom. The van der Waals surface area contributed by atoms with Gasteiger partial charge in [-0.3, -0.25) is 0 Å². The van der Waals surface area contributed by atoms with E-state index in [2.05, 4.69) is 19.8 Å². The minimum absolute atomic E-state index is 0.154. The van der Waals surface area contributed by atoms with E-state index in [0.717, 1.165) is 0 Å². The standard InChI is InChI=1S/C6H16NO2PSe2/c1-5(2)8-10(11,12-7)9-6(3)4/h5-6H,7H2,1-4H3/q+1/p+1. The van der Waals surface area contributed by atoms with Crippen molar-refractivity contribution < 1.29 is 13.8 Å². The molecule has 0 saturated heterocycles. The number of quaternary nitrogens is 1. The van der Waals surface area contributed by atoms with Crippen LogP contribution >= 0.6 is 4.65 Å². The fraction of sp³-hybridized carbons (Fsp3) is 1.00. The van der Waals surface area contributed by atoms with Gasteiger partial charge in [0.1, 0.15) is 0 Å². The molecule has 0 bridgehead atoms. The van der Waals surface area contributed by atoms with Crippen LogP contribution in [0.1, 0.15) is 27.7 Å². The zero-order valence-corrected chi connectivity index (χ0v) is 12.3. The van der Waals surface area contributed by atoms with E-state index in [-0.39, 0.29) is 26.9 Å². The second-order valence-corrected chi connectivity index (χ2v) is 15.7. The summed E-state index contributed by atoms with van der Waals surface area (Å²) in [6.07, 6.45) is 0.420. The number of rotatable bonds is 5. The van der Waals surface area contributed by atoms with Gasteiger partial charge in [-0.2, -0.15) is 0 Å². The molecule has 0 aliphatic heterocycles. The van der Waals surface area contributed by atoms with Gasteiger partial charge in [-0.05, 0) is 0 Å². The molecule has 0 aliphatic rings. The molecule has 0 heterocycles. The summed E-state index contributed by atoms with van der Waals surface area (Å²) in [6.45, 7) is 8.06. The molecule has 0 atom stereocenters. The van der Waals surface area contributed by atoms with E-state index in [4.69, 9.17) is 9.05 Å². The molecule has 0 fully saturated rings. The van der Waals surface area contributed by atoms with Crippen molar-refractivity contribution in [2.45, 2.75) is 39.9 Å². The zero-order chi connectivity index (χ0) is 9.78. The van der Waals surface area contributed by atoms with Gasteiger partial charge in [-0.15, -0.1) is 0 Å². The van der Waals surface area contributed by atoms with Crippen LogP contribution in [0.25, 0.3) is 0 Å². The molecule has 0 amide bonds. The van der Waals surface area contributed by atoms with Crippen molar-refractivity contribution in [2.75, 3.05) is 0 Å². The first-order valence-electron chi connectivity index (χ1n) is 3.80. The van der Waals surface area contributed by atoms with E-state index >= 15 is 0 Å². The molecule has 6 heteroatoms. The zero-order valence-electron chi connectivity index (χ0n) is 7.94. The normalized spacial score (nSPS) is 16.9. The first-order chi connectivity index (χ1) is 5.39. The Bertz CT molecular complexity index is 161. The molecular weight excluding hydrogens is 307 g/mol. The summed E-state index contributed by atoms with van der Waals surface area (Å²) >= 11 is 3.19. The van der Waals surface area contributed by atoms with E-state index in [9.17, 15) is 0 Å². The Morgan fingerprint density at radius 1 is 1.42 bits per heavy atom. The third kappa shape index (κ3) is 5.90. The van der Waals surface area contributed by atoms with Crippen LogP contribution in [-0.2, 0) is 9.05 Å². The first-order valence-corrected chi connectivity index (χ1v) is 11.1. The van der Waals surface area contributed by atoms with Gasteiger partial charge in [0.15, 0.2) is 0 Å². The average molecular weight is 324 g/mol. The topological polar surface area (TPSA) is 48.2 Å². The van der Waals surface area contributed by atoms with Gasteiger partial charge in [-0.25, -0.2) is 0 Å². The molecular formula is C6H17NO2PSe2+2. The van der Waals surface area contributed by atoms with Crippen molar-refractivity contribution in [3.8, 4) is 0 Å². The summed E-state index contributed by atoms with van der Waals surface area (Å²) in [5, 5.41) is 0. The Balaban J connectivity index is 4.15. The minimum atomic E-state index is -1.74. The van der Waals surface area contributed by atoms with Gasteiger partial charge in [-0.1, -0.05) is 0 Å². The second-order valence-electron chi connectivity index (χ2n) is 2.88. The SMILES string of the molecule is CC(C)OP(=[Se])([O+]C(C)C)[Se][NH3+]. The Morgan fingerprint density at radius 2 is 1.92 bits per heavy atom. The predicted molar refractivity (Wildman–Crippen MR) is 53.8 cm³/mol. The Hall–Kier alpha value is 1.35. The van der Waals surface area contributed by atoms with Crippen molar-refractivity contribution in [1.29, 1.82) is 0 Å². The van der Waals surface area contributed by atoms with Crippen LogP contribution in [0.15, 0.2) is 0 Å². The molecule has 0 unspecified atom stereocenters. The Labute approximate surface area is 88.1 Å². The number of hydrogen-bond donors (Lipinski definition) is 1. The quantitative estimate of drug-likeness (QED) is 0.456. The van der Waals surface area contributed by atoms with E-state index in [1.165, 1.54) is 0 Å². The Kier molecular flexibility index (Phi) is 6.62. The van der Waals surface area contributed by atoms with Crippen LogP contribution in [-0.4, -0.2) is 42.0 Å². The molecule has 0 saturated carbocycles. The molecule has 73 valence electrons. The van der Waals surface area contributed by atoms with Crippen LogP contribution in [0, 0.1) is 0 Å². The van der Waals surface area contributed by atoms with Crippen LogP contribution in [0.5, 0.6) is 0 Å². The van der Waals surface area contributed by atoms with Crippen molar-refractivity contribution in [1.82, 2.24) is 0 Å². The molecule has 12 heavy (non-hydrogen) atoms. The van der Waals surface area contributed by atoms with Gasteiger partial charge in [0.25, 0.3) is 0 Å². The molecule has 0 aromatic heterocycles. The predicted octanol–water partition coefficient (Wildman–Crippen LogP) is 0.544. The molecule has 3 nitrogen and oxygen atoms in total. The summed E-state index contributed by atoms with van der Waals surface area (Å²) in [4.78, 5) is 0. The fourth-order valence-electron chi connectivity index (χ4n) is 0.602. The van der Waals surface area contributed by atoms with Crippen molar-refractivity contribution in [3.63, 3.8) is 0 Å². The molecule has 0 aromatic rings. The van der Waals surface area contributed by atoms with Crippen LogP contribution < -0.4 is 4.75 Å². The summed E-state index contributed by atoms with van der Waals surface area (Å²) in [5.74, 6) is 0. The molecule has 3 N–H and O–H groups in total. The van der Waals surface area contributed by atoms with Gasteiger partial charge >= 0.3 is 88.2 Å². The van der Waals surface area contributed by atoms with Crippen LogP contribution in [0.4, 0.5) is 0 Å². The molecule has 0 rings (SSSR count). The van der Waals surface area contributed by atoms with E-state index in [1.54, 1.807) is 0 Å². The molecule has 0 aromatic carbocycles. The second kappa shape index (κ2) is 5.95. The van der Waals surface area contributed by atoms with Crippen molar-refractivity contribution in [2.24, 2.45) is 0 Å². The van der Waals surface area contributed by atoms with Crippen LogP contribution in [0.3, 0.4) is 0 Å².